The highest BCUT2D eigenvalue weighted by Gasteiger charge is 2.24. The smallest absolute Gasteiger partial charge is 0.272 e. The van der Waals surface area contributed by atoms with Gasteiger partial charge >= 0.3 is 0 Å². The number of aromatic nitrogens is 2. The van der Waals surface area contributed by atoms with Gasteiger partial charge in [-0.3, -0.25) is 9.59 Å². The topological polar surface area (TPSA) is 90.0 Å². The van der Waals surface area contributed by atoms with Gasteiger partial charge in [0.1, 0.15) is 5.82 Å². The van der Waals surface area contributed by atoms with Crippen LogP contribution >= 0.6 is 0 Å². The number of hydrogen-bond donors (Lipinski definition) is 2. The van der Waals surface area contributed by atoms with E-state index in [0.717, 1.165) is 54.6 Å². The molecule has 3 aromatic rings. The second-order valence-electron chi connectivity index (χ2n) is 7.47. The van der Waals surface area contributed by atoms with E-state index in [4.69, 9.17) is 5.73 Å². The zero-order chi connectivity index (χ0) is 21.1. The van der Waals surface area contributed by atoms with Crippen LogP contribution < -0.4 is 11.1 Å². The Bertz CT molecular complexity index is 1070. The summed E-state index contributed by atoms with van der Waals surface area (Å²) in [6.07, 6.45) is 4.78. The molecule has 2 amide bonds. The number of hydrogen-bond acceptors (Lipinski definition) is 3. The zero-order valence-electron chi connectivity index (χ0n) is 16.5. The monoisotopic (exact) mass is 406 g/mol. The third kappa shape index (κ3) is 4.10. The quantitative estimate of drug-likeness (QED) is 0.637. The number of benzene rings is 2. The number of amides is 2. The maximum absolute atomic E-state index is 13.4. The van der Waals surface area contributed by atoms with Gasteiger partial charge in [-0.05, 0) is 67.6 Å². The standard InChI is InChI=1S/C23H23FN4O2/c24-17-10-12-18(13-11-17)28-20-5-3-1-2-4-19(20)21(27-28)23(30)26-14-15-6-8-16(9-7-15)22(25)29/h6-13H,1-5,14H2,(H2,25,29)(H,26,30). The molecule has 3 N–H and O–H groups in total. The lowest BCUT2D eigenvalue weighted by Gasteiger charge is -2.07. The van der Waals surface area contributed by atoms with Crippen molar-refractivity contribution in [2.45, 2.75) is 38.6 Å². The van der Waals surface area contributed by atoms with Crippen LogP contribution in [-0.4, -0.2) is 21.6 Å². The first-order chi connectivity index (χ1) is 14.5. The molecule has 2 aromatic carbocycles. The van der Waals surface area contributed by atoms with Gasteiger partial charge in [0.05, 0.1) is 5.69 Å². The highest BCUT2D eigenvalue weighted by Crippen LogP contribution is 2.26. The summed E-state index contributed by atoms with van der Waals surface area (Å²) in [5.41, 5.74) is 9.70. The van der Waals surface area contributed by atoms with E-state index in [-0.39, 0.29) is 11.7 Å². The number of halogens is 1. The van der Waals surface area contributed by atoms with Crippen LogP contribution in [0.3, 0.4) is 0 Å². The molecule has 0 saturated carbocycles. The highest BCUT2D eigenvalue weighted by molar-refractivity contribution is 5.94. The number of nitrogens with zero attached hydrogens (tertiary/aromatic N) is 2. The van der Waals surface area contributed by atoms with Gasteiger partial charge in [-0.2, -0.15) is 5.10 Å². The van der Waals surface area contributed by atoms with Gasteiger partial charge in [-0.25, -0.2) is 9.07 Å². The van der Waals surface area contributed by atoms with Crippen molar-refractivity contribution in [1.82, 2.24) is 15.1 Å². The fourth-order valence-corrected chi connectivity index (χ4v) is 3.81. The number of fused-ring (bicyclic) bond motifs is 1. The van der Waals surface area contributed by atoms with Crippen molar-refractivity contribution in [1.29, 1.82) is 0 Å². The molecule has 0 aliphatic heterocycles. The van der Waals surface area contributed by atoms with Crippen molar-refractivity contribution < 1.29 is 14.0 Å². The molecular formula is C23H23FN4O2. The molecule has 30 heavy (non-hydrogen) atoms. The van der Waals surface area contributed by atoms with Crippen molar-refractivity contribution in [3.8, 4) is 5.69 Å². The predicted octanol–water partition coefficient (Wildman–Crippen LogP) is 3.31. The summed E-state index contributed by atoms with van der Waals surface area (Å²) in [5, 5.41) is 7.52. The number of nitrogens with one attached hydrogen (secondary N) is 1. The van der Waals surface area contributed by atoms with Gasteiger partial charge in [0.15, 0.2) is 5.69 Å². The molecule has 0 unspecified atom stereocenters. The summed E-state index contributed by atoms with van der Waals surface area (Å²) in [7, 11) is 0. The minimum Gasteiger partial charge on any atom is -0.366 e. The average molecular weight is 406 g/mol. The fourth-order valence-electron chi connectivity index (χ4n) is 3.81. The molecule has 4 rings (SSSR count). The Labute approximate surface area is 173 Å². The van der Waals surface area contributed by atoms with Crippen LogP contribution in [-0.2, 0) is 19.4 Å². The lowest BCUT2D eigenvalue weighted by atomic mass is 10.1. The SMILES string of the molecule is NC(=O)c1ccc(CNC(=O)c2nn(-c3ccc(F)cc3)c3c2CCCCC3)cc1. The van der Waals surface area contributed by atoms with E-state index in [1.807, 2.05) is 0 Å². The number of carbonyl (C=O) groups excluding carboxylic acids is 2. The number of rotatable bonds is 5. The first-order valence-electron chi connectivity index (χ1n) is 10.1. The molecule has 7 heteroatoms. The Kier molecular flexibility index (Phi) is 5.61. The summed E-state index contributed by atoms with van der Waals surface area (Å²) in [5.74, 6) is -1.04. The molecule has 1 aliphatic rings. The van der Waals surface area contributed by atoms with Crippen LogP contribution in [0.1, 0.15) is 56.9 Å². The lowest BCUT2D eigenvalue weighted by molar-refractivity contribution is 0.0943. The van der Waals surface area contributed by atoms with Gasteiger partial charge in [0, 0.05) is 23.4 Å². The van der Waals surface area contributed by atoms with Crippen LogP contribution in [0, 0.1) is 5.82 Å². The summed E-state index contributed by atoms with van der Waals surface area (Å²) < 4.78 is 15.1. The Hall–Kier alpha value is -3.48. The molecule has 0 fully saturated rings. The Morgan fingerprint density at radius 1 is 1.00 bits per heavy atom. The van der Waals surface area contributed by atoms with E-state index in [2.05, 4.69) is 10.4 Å². The number of primary amides is 1. The highest BCUT2D eigenvalue weighted by atomic mass is 19.1. The largest absolute Gasteiger partial charge is 0.366 e. The fraction of sp³-hybridized carbons (Fsp3) is 0.261. The van der Waals surface area contributed by atoms with Crippen LogP contribution in [0.15, 0.2) is 48.5 Å². The maximum atomic E-state index is 13.4. The predicted molar refractivity (Wildman–Crippen MR) is 111 cm³/mol. The van der Waals surface area contributed by atoms with Crippen LogP contribution in [0.5, 0.6) is 0 Å². The minimum atomic E-state index is -0.486. The van der Waals surface area contributed by atoms with Crippen LogP contribution in [0.4, 0.5) is 4.39 Å². The average Bonchev–Trinajstić information content (AvgIpc) is 2.94. The molecule has 0 saturated heterocycles. The van der Waals surface area contributed by atoms with Crippen molar-refractivity contribution in [3.63, 3.8) is 0 Å². The van der Waals surface area contributed by atoms with E-state index in [1.165, 1.54) is 12.1 Å². The maximum Gasteiger partial charge on any atom is 0.272 e. The second-order valence-corrected chi connectivity index (χ2v) is 7.47. The van der Waals surface area contributed by atoms with Crippen molar-refractivity contribution >= 4 is 11.8 Å². The van der Waals surface area contributed by atoms with E-state index < -0.39 is 5.91 Å². The molecule has 154 valence electrons. The third-order valence-electron chi connectivity index (χ3n) is 5.41. The molecule has 1 aromatic heterocycles. The Morgan fingerprint density at radius 2 is 1.70 bits per heavy atom. The molecular weight excluding hydrogens is 383 g/mol. The van der Waals surface area contributed by atoms with Crippen molar-refractivity contribution in [2.75, 3.05) is 0 Å². The molecule has 0 spiro atoms. The van der Waals surface area contributed by atoms with E-state index in [1.54, 1.807) is 41.1 Å². The Balaban J connectivity index is 1.58. The Morgan fingerprint density at radius 3 is 2.40 bits per heavy atom. The van der Waals surface area contributed by atoms with Crippen molar-refractivity contribution in [2.24, 2.45) is 5.73 Å². The molecule has 6 nitrogen and oxygen atoms in total. The molecule has 1 aliphatic carbocycles. The minimum absolute atomic E-state index is 0.243. The van der Waals surface area contributed by atoms with Gasteiger partial charge < -0.3 is 11.1 Å². The van der Waals surface area contributed by atoms with Crippen molar-refractivity contribution in [3.05, 3.63) is 82.4 Å². The van der Waals surface area contributed by atoms with E-state index in [0.29, 0.717) is 17.8 Å². The molecule has 0 radical (unpaired) electrons. The van der Waals surface area contributed by atoms with Crippen LogP contribution in [0.2, 0.25) is 0 Å². The summed E-state index contributed by atoms with van der Waals surface area (Å²) >= 11 is 0. The van der Waals surface area contributed by atoms with Gasteiger partial charge in [0.2, 0.25) is 5.91 Å². The molecule has 0 atom stereocenters. The summed E-state index contributed by atoms with van der Waals surface area (Å²) in [6, 6.07) is 12.9. The first kappa shape index (κ1) is 19.8. The summed E-state index contributed by atoms with van der Waals surface area (Å²) in [4.78, 5) is 24.1. The van der Waals surface area contributed by atoms with Crippen LogP contribution in [0.25, 0.3) is 5.69 Å². The van der Waals surface area contributed by atoms with Gasteiger partial charge in [-0.15, -0.1) is 0 Å². The van der Waals surface area contributed by atoms with Gasteiger partial charge in [-0.1, -0.05) is 18.6 Å². The van der Waals surface area contributed by atoms with E-state index >= 15 is 0 Å². The van der Waals surface area contributed by atoms with E-state index in [9.17, 15) is 14.0 Å². The number of carbonyl (C=O) groups is 2. The lowest BCUT2D eigenvalue weighted by Crippen LogP contribution is -2.24. The third-order valence-corrected chi connectivity index (χ3v) is 5.41. The molecule has 1 heterocycles. The number of nitrogens with two attached hydrogens (primary N) is 1. The first-order valence-corrected chi connectivity index (χ1v) is 10.1. The second kappa shape index (κ2) is 8.49. The van der Waals surface area contributed by atoms with Gasteiger partial charge in [0.25, 0.3) is 5.91 Å². The normalized spacial score (nSPS) is 13.4. The zero-order valence-corrected chi connectivity index (χ0v) is 16.5. The molecule has 0 bridgehead atoms. The summed E-state index contributed by atoms with van der Waals surface area (Å²) in [6.45, 7) is 0.316.